The van der Waals surface area contributed by atoms with Crippen molar-refractivity contribution in [3.63, 3.8) is 0 Å². The van der Waals surface area contributed by atoms with Crippen LogP contribution in [-0.2, 0) is 20.4 Å². The Kier molecular flexibility index (Phi) is 6.38. The molecule has 2 aromatic rings. The predicted octanol–water partition coefficient (Wildman–Crippen LogP) is 8.08. The fraction of sp³-hybridized carbons (Fsp3) is 0.357. The maximum absolute atomic E-state index is 2.62. The van der Waals surface area contributed by atoms with E-state index in [2.05, 4.69) is 102 Å². The first-order valence-corrected chi connectivity index (χ1v) is 20.2. The van der Waals surface area contributed by atoms with Crippen molar-refractivity contribution < 1.29 is 20.4 Å². The summed E-state index contributed by atoms with van der Waals surface area (Å²) in [6, 6.07) is 20.5. The topological polar surface area (TPSA) is 0 Å². The summed E-state index contributed by atoms with van der Waals surface area (Å²) in [6.07, 6.45) is 1.16. The molecule has 0 aliphatic heterocycles. The molecule has 0 saturated heterocycles. The number of hydrogen-bond acceptors (Lipinski definition) is 0. The average Bonchev–Trinajstić information content (AvgIpc) is 3.18. The second kappa shape index (κ2) is 8.71. The van der Waals surface area contributed by atoms with E-state index >= 15 is 0 Å². The van der Waals surface area contributed by atoms with Gasteiger partial charge in [-0.3, -0.25) is 0 Å². The zero-order valence-electron chi connectivity index (χ0n) is 19.6. The number of rotatable bonds is 4. The molecule has 0 bridgehead atoms. The van der Waals surface area contributed by atoms with Gasteiger partial charge < -0.3 is 0 Å². The number of allylic oxidation sites excluding steroid dienone is 5. The number of benzene rings is 2. The van der Waals surface area contributed by atoms with Gasteiger partial charge in [-0.05, 0) is 0 Å². The molecule has 0 nitrogen and oxygen atoms in total. The predicted molar refractivity (Wildman–Crippen MR) is 130 cm³/mol. The Bertz CT molecular complexity index is 1120. The first-order chi connectivity index (χ1) is 14.4. The first-order valence-electron chi connectivity index (χ1n) is 11.3. The summed E-state index contributed by atoms with van der Waals surface area (Å²) in [4.78, 5) is 0. The van der Waals surface area contributed by atoms with Crippen molar-refractivity contribution in [1.29, 1.82) is 0 Å². The minimum absolute atomic E-state index is 0.361. The third-order valence-electron chi connectivity index (χ3n) is 7.41. The molecule has 2 aliphatic carbocycles. The van der Waals surface area contributed by atoms with E-state index in [9.17, 15) is 0 Å². The standard InChI is InChI=1S/C17H15.C9H13.C2H6Si.Zr/c1-2-13-12-15-10-6-7-11-16(15)17(13)14-8-4-3-5-9-14;1-6-5-7(2)9(4)8(6)3;1-3-2;/h3-12H,2H2,1H3;6H,1-4H3;1-2H3;. The average molecular weight is 490 g/mol. The Labute approximate surface area is 191 Å². The molecule has 154 valence electrons. The molecule has 0 N–H and O–H groups in total. The monoisotopic (exact) mass is 488 g/mol. The van der Waals surface area contributed by atoms with Gasteiger partial charge in [0.2, 0.25) is 0 Å². The summed E-state index contributed by atoms with van der Waals surface area (Å²) in [7, 11) is 0. The van der Waals surface area contributed by atoms with Crippen LogP contribution in [0.25, 0.3) is 5.57 Å². The van der Waals surface area contributed by atoms with E-state index < -0.39 is 20.4 Å². The molecule has 2 heteroatoms. The minimum atomic E-state index is -1.96. The Morgan fingerprint density at radius 2 is 1.50 bits per heavy atom. The van der Waals surface area contributed by atoms with Gasteiger partial charge in [-0.2, -0.15) is 0 Å². The van der Waals surface area contributed by atoms with E-state index in [0.29, 0.717) is 9.54 Å². The second-order valence-electron chi connectivity index (χ2n) is 9.12. The third kappa shape index (κ3) is 3.45. The molecule has 4 rings (SSSR count). The molecular weight excluding hydrogens is 456 g/mol. The van der Waals surface area contributed by atoms with Crippen molar-refractivity contribution in [3.8, 4) is 0 Å². The molecule has 0 amide bonds. The maximum atomic E-state index is 2.62. The Hall–Kier alpha value is -1.24. The van der Waals surface area contributed by atoms with Crippen LogP contribution in [0.5, 0.6) is 0 Å². The molecule has 2 atom stereocenters. The zero-order chi connectivity index (χ0) is 21.6. The van der Waals surface area contributed by atoms with Crippen molar-refractivity contribution in [2.45, 2.75) is 57.8 Å². The van der Waals surface area contributed by atoms with Gasteiger partial charge in [0.15, 0.2) is 0 Å². The number of hydrogen-bond donors (Lipinski definition) is 0. The van der Waals surface area contributed by atoms with E-state index in [-0.39, 0.29) is 5.43 Å². The fourth-order valence-corrected chi connectivity index (χ4v) is 26.3. The van der Waals surface area contributed by atoms with Crippen LogP contribution in [0.4, 0.5) is 0 Å². The molecule has 0 heterocycles. The van der Waals surface area contributed by atoms with Crippen molar-refractivity contribution in [2.24, 2.45) is 5.92 Å². The summed E-state index contributed by atoms with van der Waals surface area (Å²) < 4.78 is 2.63. The molecular formula is C28H34SiZr. The van der Waals surface area contributed by atoms with E-state index in [1.807, 2.05) is 3.28 Å². The first kappa shape index (κ1) is 22.0. The quantitative estimate of drug-likeness (QED) is 0.381. The van der Waals surface area contributed by atoms with Crippen LogP contribution in [0, 0.1) is 5.92 Å². The van der Waals surface area contributed by atoms with Gasteiger partial charge in [-0.25, -0.2) is 0 Å². The molecule has 30 heavy (non-hydrogen) atoms. The van der Waals surface area contributed by atoms with Crippen molar-refractivity contribution in [1.82, 2.24) is 0 Å². The summed E-state index contributed by atoms with van der Waals surface area (Å²) in [5, 5.41) is 0. The summed E-state index contributed by atoms with van der Waals surface area (Å²) >= 11 is -1.96. The molecule has 0 saturated carbocycles. The van der Waals surface area contributed by atoms with Crippen LogP contribution < -0.4 is 0 Å². The molecule has 0 fully saturated rings. The van der Waals surface area contributed by atoms with E-state index in [0.717, 1.165) is 6.42 Å². The van der Waals surface area contributed by atoms with Gasteiger partial charge in [-0.15, -0.1) is 0 Å². The Morgan fingerprint density at radius 3 is 2.07 bits per heavy atom. The van der Waals surface area contributed by atoms with Crippen LogP contribution >= 0.6 is 0 Å². The van der Waals surface area contributed by atoms with Crippen LogP contribution in [0.15, 0.2) is 80.2 Å². The van der Waals surface area contributed by atoms with Crippen LogP contribution in [-0.4, -0.2) is 5.43 Å². The van der Waals surface area contributed by atoms with Crippen molar-refractivity contribution in [2.75, 3.05) is 0 Å². The molecule has 0 aromatic heterocycles. The molecule has 0 radical (unpaired) electrons. The SMILES string of the molecule is CCC1=C(c2ccccc2)c2ccccc2[CH]1[Zr]([C]1=C(C)C(C)=C(C)C1C)=[Si](C)C. The normalized spacial score (nSPS) is 20.9. The van der Waals surface area contributed by atoms with Crippen molar-refractivity contribution in [3.05, 3.63) is 96.9 Å². The van der Waals surface area contributed by atoms with Gasteiger partial charge in [0, 0.05) is 0 Å². The molecule has 2 aromatic carbocycles. The Morgan fingerprint density at radius 1 is 0.867 bits per heavy atom. The summed E-state index contributed by atoms with van der Waals surface area (Å²) in [5.74, 6) is 0.658. The summed E-state index contributed by atoms with van der Waals surface area (Å²) in [6.45, 7) is 17.3. The van der Waals surface area contributed by atoms with Gasteiger partial charge in [0.1, 0.15) is 0 Å². The third-order valence-corrected chi connectivity index (χ3v) is 26.2. The summed E-state index contributed by atoms with van der Waals surface area (Å²) in [5.41, 5.74) is 12.3. The zero-order valence-corrected chi connectivity index (χ0v) is 23.0. The van der Waals surface area contributed by atoms with E-state index in [1.54, 1.807) is 33.4 Å². The van der Waals surface area contributed by atoms with E-state index in [1.165, 1.54) is 11.1 Å². The van der Waals surface area contributed by atoms with Gasteiger partial charge in [0.05, 0.1) is 0 Å². The van der Waals surface area contributed by atoms with Crippen LogP contribution in [0.3, 0.4) is 0 Å². The molecule has 2 unspecified atom stereocenters. The number of fused-ring (bicyclic) bond motifs is 1. The van der Waals surface area contributed by atoms with Gasteiger partial charge in [-0.1, -0.05) is 0 Å². The fourth-order valence-electron chi connectivity index (χ4n) is 5.65. The van der Waals surface area contributed by atoms with Gasteiger partial charge in [0.25, 0.3) is 0 Å². The second-order valence-corrected chi connectivity index (χ2v) is 26.5. The van der Waals surface area contributed by atoms with Gasteiger partial charge >= 0.3 is 192 Å². The van der Waals surface area contributed by atoms with E-state index in [4.69, 9.17) is 0 Å². The van der Waals surface area contributed by atoms with Crippen LogP contribution in [0.1, 0.15) is 61.4 Å². The van der Waals surface area contributed by atoms with Crippen LogP contribution in [0.2, 0.25) is 13.1 Å². The molecule has 2 aliphatic rings. The molecule has 0 spiro atoms. The van der Waals surface area contributed by atoms with Crippen molar-refractivity contribution >= 4 is 11.0 Å². The Balaban J connectivity index is 2.00.